The predicted molar refractivity (Wildman–Crippen MR) is 106 cm³/mol. The first-order valence-electron chi connectivity index (χ1n) is 10.1. The second-order valence-corrected chi connectivity index (χ2v) is 8.78. The Morgan fingerprint density at radius 2 is 1.85 bits per heavy atom. The molecule has 0 bridgehead atoms. The Labute approximate surface area is 159 Å². The van der Waals surface area contributed by atoms with Gasteiger partial charge in [0.25, 0.3) is 0 Å². The minimum atomic E-state index is -0.0927. The second kappa shape index (κ2) is 8.15. The average Bonchev–Trinajstić information content (AvgIpc) is 2.61. The number of piperidine rings is 1. The molecule has 2 rings (SSSR count). The number of carbonyl (C=O) groups excluding carboxylic acids is 1. The van der Waals surface area contributed by atoms with Crippen molar-refractivity contribution >= 4 is 11.9 Å². The number of hydrogen-bond acceptors (Lipinski definition) is 3. The standard InChI is InChI=1S/C20H38N4O2/c1-8-21-18(23-16-13-20(6,26-7)19(16,4)5)22-15-9-11-24(12-10-15)17(25)14(2)3/h14-16H,8-13H2,1-7H3,(H2,21,22,23). The number of carbonyl (C=O) groups is 1. The topological polar surface area (TPSA) is 66.0 Å². The van der Waals surface area contributed by atoms with Crippen molar-refractivity contribution in [1.82, 2.24) is 15.5 Å². The van der Waals surface area contributed by atoms with Gasteiger partial charge in [0.15, 0.2) is 5.96 Å². The number of likely N-dealkylation sites (tertiary alicyclic amines) is 1. The zero-order chi connectivity index (χ0) is 19.5. The minimum Gasteiger partial charge on any atom is -0.378 e. The van der Waals surface area contributed by atoms with E-state index < -0.39 is 0 Å². The molecule has 1 amide bonds. The zero-order valence-electron chi connectivity index (χ0n) is 17.7. The van der Waals surface area contributed by atoms with E-state index in [4.69, 9.17) is 4.74 Å². The Hall–Kier alpha value is -1.30. The summed E-state index contributed by atoms with van der Waals surface area (Å²) in [4.78, 5) is 18.8. The maximum absolute atomic E-state index is 12.1. The summed E-state index contributed by atoms with van der Waals surface area (Å²) in [5.41, 5.74) is -0.0461. The number of hydrogen-bond donors (Lipinski definition) is 2. The summed E-state index contributed by atoms with van der Waals surface area (Å²) in [5, 5.41) is 7.20. The molecule has 2 aliphatic rings. The summed E-state index contributed by atoms with van der Waals surface area (Å²) in [6, 6.07) is 0.703. The Morgan fingerprint density at radius 3 is 2.31 bits per heavy atom. The monoisotopic (exact) mass is 366 g/mol. The van der Waals surface area contributed by atoms with Crippen LogP contribution in [0.15, 0.2) is 4.99 Å². The highest BCUT2D eigenvalue weighted by Crippen LogP contribution is 2.51. The third-order valence-electron chi connectivity index (χ3n) is 6.55. The third-order valence-corrected chi connectivity index (χ3v) is 6.55. The van der Waals surface area contributed by atoms with E-state index in [1.807, 2.05) is 18.7 Å². The molecule has 2 N–H and O–H groups in total. The molecule has 0 aromatic carbocycles. The summed E-state index contributed by atoms with van der Waals surface area (Å²) < 4.78 is 5.73. The van der Waals surface area contributed by atoms with Crippen LogP contribution in [0.2, 0.25) is 0 Å². The molecule has 6 nitrogen and oxygen atoms in total. The lowest BCUT2D eigenvalue weighted by atomic mass is 9.56. The van der Waals surface area contributed by atoms with Gasteiger partial charge in [-0.25, -0.2) is 0 Å². The van der Waals surface area contributed by atoms with Gasteiger partial charge in [-0.2, -0.15) is 0 Å². The van der Waals surface area contributed by atoms with E-state index in [0.29, 0.717) is 12.1 Å². The lowest BCUT2D eigenvalue weighted by molar-refractivity contribution is -0.176. The van der Waals surface area contributed by atoms with Crippen LogP contribution in [0.25, 0.3) is 0 Å². The first kappa shape index (κ1) is 21.0. The van der Waals surface area contributed by atoms with E-state index >= 15 is 0 Å². The van der Waals surface area contributed by atoms with Gasteiger partial charge in [0.05, 0.1) is 5.60 Å². The molecular formula is C20H38N4O2. The van der Waals surface area contributed by atoms with Crippen molar-refractivity contribution in [3.05, 3.63) is 0 Å². The highest BCUT2D eigenvalue weighted by Gasteiger charge is 2.58. The molecule has 1 saturated carbocycles. The van der Waals surface area contributed by atoms with Gasteiger partial charge in [0, 0.05) is 50.2 Å². The fraction of sp³-hybridized carbons (Fsp3) is 0.900. The average molecular weight is 367 g/mol. The molecule has 0 radical (unpaired) electrons. The van der Waals surface area contributed by atoms with Crippen molar-refractivity contribution in [3.8, 4) is 0 Å². The van der Waals surface area contributed by atoms with E-state index in [1.165, 1.54) is 0 Å². The second-order valence-electron chi connectivity index (χ2n) is 8.78. The van der Waals surface area contributed by atoms with Crippen molar-refractivity contribution in [1.29, 1.82) is 0 Å². The van der Waals surface area contributed by atoms with Crippen LogP contribution in [-0.4, -0.2) is 61.2 Å². The minimum absolute atomic E-state index is 0.0466. The molecule has 0 aromatic heterocycles. The van der Waals surface area contributed by atoms with Crippen LogP contribution >= 0.6 is 0 Å². The van der Waals surface area contributed by atoms with Crippen molar-refractivity contribution in [2.24, 2.45) is 16.3 Å². The van der Waals surface area contributed by atoms with Gasteiger partial charge in [-0.3, -0.25) is 9.79 Å². The molecular weight excluding hydrogens is 328 g/mol. The highest BCUT2D eigenvalue weighted by atomic mass is 16.5. The first-order chi connectivity index (χ1) is 12.1. The molecule has 2 atom stereocenters. The summed E-state index contributed by atoms with van der Waals surface area (Å²) in [7, 11) is 1.80. The number of aliphatic imine (C=N–C) groups is 1. The number of guanidine groups is 1. The molecule has 0 spiro atoms. The fourth-order valence-electron chi connectivity index (χ4n) is 3.98. The molecule has 1 aliphatic carbocycles. The van der Waals surface area contributed by atoms with E-state index in [9.17, 15) is 4.79 Å². The number of rotatable bonds is 5. The van der Waals surface area contributed by atoms with Crippen LogP contribution in [0.4, 0.5) is 0 Å². The summed E-state index contributed by atoms with van der Waals surface area (Å²) in [6.45, 7) is 15.1. The van der Waals surface area contributed by atoms with Gasteiger partial charge >= 0.3 is 0 Å². The summed E-state index contributed by atoms with van der Waals surface area (Å²) >= 11 is 0. The first-order valence-corrected chi connectivity index (χ1v) is 10.1. The number of nitrogens with zero attached hydrogens (tertiary/aromatic N) is 2. The van der Waals surface area contributed by atoms with Gasteiger partial charge in [-0.15, -0.1) is 0 Å². The fourth-order valence-corrected chi connectivity index (χ4v) is 3.98. The van der Waals surface area contributed by atoms with Crippen LogP contribution in [0.3, 0.4) is 0 Å². The smallest absolute Gasteiger partial charge is 0.225 e. The molecule has 1 saturated heterocycles. The van der Waals surface area contributed by atoms with Gasteiger partial charge < -0.3 is 20.3 Å². The lowest BCUT2D eigenvalue weighted by Crippen LogP contribution is -2.70. The van der Waals surface area contributed by atoms with Crippen LogP contribution in [0, 0.1) is 11.3 Å². The van der Waals surface area contributed by atoms with Gasteiger partial charge in [0.1, 0.15) is 0 Å². The quantitative estimate of drug-likeness (QED) is 0.579. The summed E-state index contributed by atoms with van der Waals surface area (Å²) in [5.74, 6) is 1.23. The van der Waals surface area contributed by atoms with Gasteiger partial charge in [0.2, 0.25) is 5.91 Å². The van der Waals surface area contributed by atoms with Crippen molar-refractivity contribution in [3.63, 3.8) is 0 Å². The van der Waals surface area contributed by atoms with Crippen LogP contribution in [0.1, 0.15) is 60.8 Å². The van der Waals surface area contributed by atoms with Crippen molar-refractivity contribution in [2.45, 2.75) is 78.5 Å². The van der Waals surface area contributed by atoms with Gasteiger partial charge in [-0.05, 0) is 33.1 Å². The lowest BCUT2D eigenvalue weighted by Gasteiger charge is -2.59. The molecule has 150 valence electrons. The Morgan fingerprint density at radius 1 is 1.23 bits per heavy atom. The molecule has 6 heteroatoms. The molecule has 0 aromatic rings. The van der Waals surface area contributed by atoms with Crippen molar-refractivity contribution < 1.29 is 9.53 Å². The number of amides is 1. The molecule has 2 fully saturated rings. The Balaban J connectivity index is 1.89. The SMILES string of the molecule is CCN=C(NC1CCN(C(=O)C(C)C)CC1)NC1CC(C)(OC)C1(C)C. The van der Waals surface area contributed by atoms with Crippen molar-refractivity contribution in [2.75, 3.05) is 26.7 Å². The Kier molecular flexibility index (Phi) is 6.59. The van der Waals surface area contributed by atoms with E-state index in [0.717, 1.165) is 44.9 Å². The number of methoxy groups -OCH3 is 1. The maximum atomic E-state index is 12.1. The Bertz CT molecular complexity index is 524. The molecule has 2 unspecified atom stereocenters. The number of ether oxygens (including phenoxy) is 1. The highest BCUT2D eigenvalue weighted by molar-refractivity contribution is 5.81. The normalized spacial score (nSPS) is 29.5. The predicted octanol–water partition coefficient (Wildman–Crippen LogP) is 2.39. The molecule has 1 heterocycles. The summed E-state index contributed by atoms with van der Waals surface area (Å²) in [6.07, 6.45) is 2.90. The number of nitrogens with one attached hydrogen (secondary N) is 2. The largest absolute Gasteiger partial charge is 0.378 e. The zero-order valence-corrected chi connectivity index (χ0v) is 17.7. The molecule has 1 aliphatic heterocycles. The van der Waals surface area contributed by atoms with E-state index in [2.05, 4.69) is 43.3 Å². The third kappa shape index (κ3) is 4.16. The maximum Gasteiger partial charge on any atom is 0.225 e. The van der Waals surface area contributed by atoms with E-state index in [-0.39, 0.29) is 22.8 Å². The van der Waals surface area contributed by atoms with Crippen LogP contribution < -0.4 is 10.6 Å². The van der Waals surface area contributed by atoms with Crippen LogP contribution in [0.5, 0.6) is 0 Å². The van der Waals surface area contributed by atoms with E-state index in [1.54, 1.807) is 7.11 Å². The molecule has 26 heavy (non-hydrogen) atoms. The van der Waals surface area contributed by atoms with Gasteiger partial charge in [-0.1, -0.05) is 27.7 Å². The van der Waals surface area contributed by atoms with Crippen LogP contribution in [-0.2, 0) is 9.53 Å².